The monoisotopic (exact) mass is 364 g/mol. The predicted molar refractivity (Wildman–Crippen MR) is 82.4 cm³/mol. The molecule has 0 atom stereocenters. The Morgan fingerprint density at radius 3 is 2.08 bits per heavy atom. The molecule has 0 unspecified atom stereocenters. The lowest BCUT2D eigenvalue weighted by Gasteiger charge is -2.26. The summed E-state index contributed by atoms with van der Waals surface area (Å²) in [7, 11) is 0. The molecule has 0 heterocycles. The van der Waals surface area contributed by atoms with Crippen LogP contribution in [-0.2, 0) is 10.7 Å². The number of carbonyl (C=O) groups is 1. The van der Waals surface area contributed by atoms with E-state index >= 15 is 0 Å². The van der Waals surface area contributed by atoms with Crippen molar-refractivity contribution in [1.29, 1.82) is 0 Å². The molecule has 1 aromatic rings. The summed E-state index contributed by atoms with van der Waals surface area (Å²) >= 11 is 0. The van der Waals surface area contributed by atoms with Crippen molar-refractivity contribution >= 4 is 5.97 Å². The average Bonchev–Trinajstić information content (AvgIpc) is 2.55. The minimum atomic E-state index is -5.66. The highest BCUT2D eigenvalue weighted by atomic mass is 19.4. The molecule has 0 spiro atoms. The number of halogens is 5. The summed E-state index contributed by atoms with van der Waals surface area (Å²) < 4.78 is 68.5. The molecule has 0 radical (unpaired) electrons. The van der Waals surface area contributed by atoms with Gasteiger partial charge in [0.25, 0.3) is 0 Å². The summed E-state index contributed by atoms with van der Waals surface area (Å²) in [6, 6.07) is 3.20. The van der Waals surface area contributed by atoms with Crippen molar-refractivity contribution in [2.24, 2.45) is 11.8 Å². The van der Waals surface area contributed by atoms with E-state index in [0.29, 0.717) is 30.9 Å². The maximum absolute atomic E-state index is 13.2. The lowest BCUT2D eigenvalue weighted by atomic mass is 9.80. The van der Waals surface area contributed by atoms with Gasteiger partial charge in [0.1, 0.15) is 5.75 Å². The number of ether oxygens (including phenoxy) is 1. The Morgan fingerprint density at radius 1 is 1.04 bits per heavy atom. The Kier molecular flexibility index (Phi) is 6.06. The SMILES string of the molecule is CCCC1CCC(C(=O)Oc2ccc(C(F)(F)C(F)(F)F)cc2)CC1. The summed E-state index contributed by atoms with van der Waals surface area (Å²) in [5, 5.41) is 0. The van der Waals surface area contributed by atoms with Crippen molar-refractivity contribution in [2.45, 2.75) is 57.5 Å². The summed E-state index contributed by atoms with van der Waals surface area (Å²) in [6.07, 6.45) is -0.0934. The van der Waals surface area contributed by atoms with Crippen LogP contribution in [0.25, 0.3) is 0 Å². The van der Waals surface area contributed by atoms with Crippen LogP contribution in [-0.4, -0.2) is 12.1 Å². The molecule has 1 saturated carbocycles. The first-order chi connectivity index (χ1) is 11.6. The second-order valence-electron chi connectivity index (χ2n) is 6.52. The quantitative estimate of drug-likeness (QED) is 0.372. The molecular formula is C18H21F5O2. The Balaban J connectivity index is 1.94. The number of benzene rings is 1. The average molecular weight is 364 g/mol. The highest BCUT2D eigenvalue weighted by molar-refractivity contribution is 5.75. The van der Waals surface area contributed by atoms with Crippen LogP contribution < -0.4 is 4.74 Å². The van der Waals surface area contributed by atoms with Gasteiger partial charge in [-0.05, 0) is 55.9 Å². The van der Waals surface area contributed by atoms with Crippen molar-refractivity contribution in [2.75, 3.05) is 0 Å². The molecule has 25 heavy (non-hydrogen) atoms. The first-order valence-electron chi connectivity index (χ1n) is 8.42. The summed E-state index contributed by atoms with van der Waals surface area (Å²) in [5.74, 6) is -5.04. The zero-order valence-electron chi connectivity index (χ0n) is 13.9. The number of alkyl halides is 5. The maximum Gasteiger partial charge on any atom is 0.458 e. The molecule has 2 rings (SSSR count). The first kappa shape index (κ1) is 19.7. The van der Waals surface area contributed by atoms with Crippen molar-refractivity contribution in [3.63, 3.8) is 0 Å². The third-order valence-electron chi connectivity index (χ3n) is 4.67. The van der Waals surface area contributed by atoms with Gasteiger partial charge in [0.05, 0.1) is 5.92 Å². The fourth-order valence-corrected chi connectivity index (χ4v) is 3.19. The van der Waals surface area contributed by atoms with E-state index in [9.17, 15) is 26.7 Å². The van der Waals surface area contributed by atoms with Crippen LogP contribution in [0.1, 0.15) is 51.0 Å². The van der Waals surface area contributed by atoms with Gasteiger partial charge in [-0.25, -0.2) is 0 Å². The molecular weight excluding hydrogens is 343 g/mol. The van der Waals surface area contributed by atoms with Gasteiger partial charge in [-0.3, -0.25) is 4.79 Å². The molecule has 0 aromatic heterocycles. The van der Waals surface area contributed by atoms with E-state index in [1.165, 1.54) is 0 Å². The third kappa shape index (κ3) is 4.70. The van der Waals surface area contributed by atoms with Gasteiger partial charge in [-0.2, -0.15) is 22.0 Å². The minimum absolute atomic E-state index is 0.0255. The fourth-order valence-electron chi connectivity index (χ4n) is 3.19. The summed E-state index contributed by atoms with van der Waals surface area (Å²) in [4.78, 5) is 12.1. The van der Waals surface area contributed by atoms with Crippen LogP contribution in [0.2, 0.25) is 0 Å². The topological polar surface area (TPSA) is 26.3 Å². The zero-order valence-corrected chi connectivity index (χ0v) is 13.9. The minimum Gasteiger partial charge on any atom is -0.426 e. The normalized spacial score (nSPS) is 21.8. The lowest BCUT2D eigenvalue weighted by molar-refractivity contribution is -0.289. The molecule has 2 nitrogen and oxygen atoms in total. The Labute approximate surface area is 143 Å². The summed E-state index contributed by atoms with van der Waals surface area (Å²) in [5.41, 5.74) is -1.18. The number of hydrogen-bond acceptors (Lipinski definition) is 2. The van der Waals surface area contributed by atoms with Gasteiger partial charge >= 0.3 is 18.1 Å². The van der Waals surface area contributed by atoms with E-state index < -0.39 is 23.6 Å². The number of carbonyl (C=O) groups excluding carboxylic acids is 1. The smallest absolute Gasteiger partial charge is 0.426 e. The van der Waals surface area contributed by atoms with Crippen LogP contribution in [0, 0.1) is 11.8 Å². The van der Waals surface area contributed by atoms with Crippen LogP contribution in [0.15, 0.2) is 24.3 Å². The standard InChI is InChI=1S/C18H21F5O2/c1-2-3-12-4-6-13(7-5-12)16(24)25-15-10-8-14(9-11-15)17(19,20)18(21,22)23/h8-13H,2-7H2,1H3. The third-order valence-corrected chi connectivity index (χ3v) is 4.67. The molecule has 7 heteroatoms. The number of hydrogen-bond donors (Lipinski definition) is 0. The highest BCUT2D eigenvalue weighted by Crippen LogP contribution is 2.44. The van der Waals surface area contributed by atoms with Gasteiger partial charge < -0.3 is 4.74 Å². The van der Waals surface area contributed by atoms with E-state index in [4.69, 9.17) is 4.74 Å². The Hall–Kier alpha value is -1.66. The molecule has 1 aliphatic rings. The molecule has 140 valence electrons. The van der Waals surface area contributed by atoms with Crippen LogP contribution in [0.4, 0.5) is 22.0 Å². The molecule has 0 N–H and O–H groups in total. The van der Waals surface area contributed by atoms with Crippen molar-refractivity contribution in [3.05, 3.63) is 29.8 Å². The van der Waals surface area contributed by atoms with Crippen LogP contribution in [0.3, 0.4) is 0 Å². The fraction of sp³-hybridized carbons (Fsp3) is 0.611. The molecule has 1 fully saturated rings. The Bertz CT molecular complexity index is 572. The van der Waals surface area contributed by atoms with Gasteiger partial charge in [0.2, 0.25) is 0 Å². The van der Waals surface area contributed by atoms with Crippen molar-refractivity contribution in [1.82, 2.24) is 0 Å². The highest BCUT2D eigenvalue weighted by Gasteiger charge is 2.58. The second-order valence-corrected chi connectivity index (χ2v) is 6.52. The largest absolute Gasteiger partial charge is 0.458 e. The first-order valence-corrected chi connectivity index (χ1v) is 8.42. The molecule has 1 aliphatic carbocycles. The van der Waals surface area contributed by atoms with E-state index in [2.05, 4.69) is 6.92 Å². The second kappa shape index (κ2) is 7.70. The van der Waals surface area contributed by atoms with Gasteiger partial charge in [-0.15, -0.1) is 0 Å². The molecule has 0 aliphatic heterocycles. The number of rotatable bonds is 5. The van der Waals surface area contributed by atoms with Gasteiger partial charge in [-0.1, -0.05) is 19.8 Å². The molecule has 1 aromatic carbocycles. The van der Waals surface area contributed by atoms with E-state index in [1.54, 1.807) is 0 Å². The van der Waals surface area contributed by atoms with Crippen molar-refractivity contribution in [3.8, 4) is 5.75 Å². The van der Waals surface area contributed by atoms with E-state index in [0.717, 1.165) is 37.8 Å². The summed E-state index contributed by atoms with van der Waals surface area (Å²) in [6.45, 7) is 2.12. The lowest BCUT2D eigenvalue weighted by Crippen LogP contribution is -2.33. The number of esters is 1. The van der Waals surface area contributed by atoms with E-state index in [1.807, 2.05) is 0 Å². The van der Waals surface area contributed by atoms with E-state index in [-0.39, 0.29) is 11.7 Å². The van der Waals surface area contributed by atoms with Gasteiger partial charge in [0, 0.05) is 5.56 Å². The van der Waals surface area contributed by atoms with Crippen molar-refractivity contribution < 1.29 is 31.5 Å². The molecule has 0 bridgehead atoms. The van der Waals surface area contributed by atoms with Gasteiger partial charge in [0.15, 0.2) is 0 Å². The molecule has 0 saturated heterocycles. The Morgan fingerprint density at radius 2 is 1.60 bits per heavy atom. The molecule has 0 amide bonds. The maximum atomic E-state index is 13.2. The zero-order chi connectivity index (χ0) is 18.7. The van der Waals surface area contributed by atoms with Crippen LogP contribution in [0.5, 0.6) is 5.75 Å². The predicted octanol–water partition coefficient (Wildman–Crippen LogP) is 5.85. The van der Waals surface area contributed by atoms with Crippen LogP contribution >= 0.6 is 0 Å².